The Balaban J connectivity index is 1.38. The van der Waals surface area contributed by atoms with Crippen LogP contribution in [0.2, 0.25) is 0 Å². The number of carbonyl (C=O) groups is 1. The van der Waals surface area contributed by atoms with Gasteiger partial charge in [0.1, 0.15) is 0 Å². The molecule has 2 fully saturated rings. The molecule has 0 radical (unpaired) electrons. The quantitative estimate of drug-likeness (QED) is 0.552. The van der Waals surface area contributed by atoms with Crippen molar-refractivity contribution >= 4 is 35.0 Å². The van der Waals surface area contributed by atoms with Gasteiger partial charge in [-0.15, -0.1) is 11.3 Å². The maximum Gasteiger partial charge on any atom is 0.488 e. The number of nitrogens with one attached hydrogen (secondary N) is 1. The predicted molar refractivity (Wildman–Crippen MR) is 130 cm³/mol. The van der Waals surface area contributed by atoms with Crippen LogP contribution in [0.5, 0.6) is 0 Å². The number of aryl methyl sites for hydroxylation is 3. The second-order valence-corrected chi connectivity index (χ2v) is 11.8. The van der Waals surface area contributed by atoms with Crippen molar-refractivity contribution in [1.29, 1.82) is 0 Å². The third-order valence-electron chi connectivity index (χ3n) is 8.75. The number of halogens is 2. The molecule has 0 unspecified atom stereocenters. The van der Waals surface area contributed by atoms with E-state index < -0.39 is 18.5 Å². The number of hydrogen-bond donors (Lipinski definition) is 3. The van der Waals surface area contributed by atoms with Gasteiger partial charge >= 0.3 is 7.12 Å². The molecule has 5 rings (SSSR count). The first-order valence-corrected chi connectivity index (χ1v) is 13.0. The second kappa shape index (κ2) is 8.68. The standard InChI is InChI=1S/C25H31BF2N2O3S/c1-14-13-29-23(34-14)30-22(31)6-4-16-11-19-15(12-21(16)26(32)33)3-5-18-17(19)7-9-24(2)20(18)8-10-25(24,27)28/h11-13,17-18,20,32-33H,3-10H2,1-2H3,(H,29,30,31)/t17-,18+,20-,24-/m0/s1. The normalized spacial score (nSPS) is 29.2. The summed E-state index contributed by atoms with van der Waals surface area (Å²) in [6.45, 7) is 3.71. The minimum Gasteiger partial charge on any atom is -0.423 e. The minimum atomic E-state index is -2.59. The highest BCUT2D eigenvalue weighted by atomic mass is 32.1. The third kappa shape index (κ3) is 3.99. The molecule has 0 spiro atoms. The smallest absolute Gasteiger partial charge is 0.423 e. The molecular formula is C25H31BF2N2O3S. The van der Waals surface area contributed by atoms with E-state index in [2.05, 4.69) is 10.3 Å². The van der Waals surface area contributed by atoms with Crippen LogP contribution < -0.4 is 10.8 Å². The van der Waals surface area contributed by atoms with Crippen LogP contribution in [0, 0.1) is 24.2 Å². The molecule has 1 aromatic carbocycles. The van der Waals surface area contributed by atoms with E-state index in [4.69, 9.17) is 0 Å². The molecule has 9 heteroatoms. The monoisotopic (exact) mass is 488 g/mol. The fourth-order valence-electron chi connectivity index (χ4n) is 6.92. The Morgan fingerprint density at radius 2 is 2.06 bits per heavy atom. The van der Waals surface area contributed by atoms with E-state index in [1.54, 1.807) is 13.1 Å². The van der Waals surface area contributed by atoms with Gasteiger partial charge in [-0.2, -0.15) is 0 Å². The van der Waals surface area contributed by atoms with Gasteiger partial charge in [-0.1, -0.05) is 19.1 Å². The second-order valence-electron chi connectivity index (χ2n) is 10.6. The molecule has 0 aliphatic heterocycles. The Labute approximate surface area is 203 Å². The molecule has 2 saturated carbocycles. The number of aromatic nitrogens is 1. The molecule has 1 aromatic heterocycles. The number of alkyl halides is 2. The van der Waals surface area contributed by atoms with Gasteiger partial charge in [0.05, 0.1) is 0 Å². The number of anilines is 1. The van der Waals surface area contributed by atoms with Gasteiger partial charge in [-0.3, -0.25) is 4.79 Å². The first-order valence-electron chi connectivity index (χ1n) is 12.2. The fourth-order valence-corrected chi connectivity index (χ4v) is 7.60. The molecule has 1 heterocycles. The number of nitrogens with zero attached hydrogens (tertiary/aromatic N) is 1. The Kier molecular flexibility index (Phi) is 6.10. The zero-order valence-electron chi connectivity index (χ0n) is 19.6. The first-order chi connectivity index (χ1) is 16.1. The Hall–Kier alpha value is -1.84. The number of amides is 1. The summed E-state index contributed by atoms with van der Waals surface area (Å²) >= 11 is 1.41. The van der Waals surface area contributed by atoms with Crippen LogP contribution >= 0.6 is 11.3 Å². The zero-order chi connectivity index (χ0) is 24.3. The summed E-state index contributed by atoms with van der Waals surface area (Å²) in [5.74, 6) is -2.30. The molecule has 5 nitrogen and oxygen atoms in total. The third-order valence-corrected chi connectivity index (χ3v) is 9.57. The van der Waals surface area contributed by atoms with Crippen LogP contribution in [0.3, 0.4) is 0 Å². The molecule has 1 amide bonds. The Bertz CT molecular complexity index is 1110. The lowest BCUT2D eigenvalue weighted by molar-refractivity contribution is -0.132. The summed E-state index contributed by atoms with van der Waals surface area (Å²) in [6, 6.07) is 3.89. The van der Waals surface area contributed by atoms with Crippen molar-refractivity contribution in [1.82, 2.24) is 4.98 Å². The fraction of sp³-hybridized carbons (Fsp3) is 0.600. The number of carbonyl (C=O) groups excluding carboxylic acids is 1. The average Bonchev–Trinajstić information content (AvgIpc) is 3.30. The Morgan fingerprint density at radius 1 is 1.26 bits per heavy atom. The maximum absolute atomic E-state index is 14.8. The summed E-state index contributed by atoms with van der Waals surface area (Å²) in [7, 11) is -1.62. The maximum atomic E-state index is 14.8. The van der Waals surface area contributed by atoms with Crippen LogP contribution in [0.25, 0.3) is 0 Å². The van der Waals surface area contributed by atoms with Crippen LogP contribution in [0.1, 0.15) is 72.9 Å². The van der Waals surface area contributed by atoms with E-state index in [1.165, 1.54) is 11.3 Å². The SMILES string of the molecule is Cc1cnc(NC(=O)CCc2cc3c(cc2B(O)O)CC[C@@H]2[C@@H]3CC[C@@]3(C)[C@H]2CCC3(F)F)s1. The first kappa shape index (κ1) is 23.9. The topological polar surface area (TPSA) is 82.5 Å². The average molecular weight is 488 g/mol. The van der Waals surface area contributed by atoms with Gasteiger partial charge in [-0.25, -0.2) is 13.8 Å². The summed E-state index contributed by atoms with van der Waals surface area (Å²) in [5, 5.41) is 23.4. The van der Waals surface area contributed by atoms with Gasteiger partial charge in [0.2, 0.25) is 5.91 Å². The molecule has 3 aliphatic rings. The summed E-state index contributed by atoms with van der Waals surface area (Å²) < 4.78 is 29.5. The molecular weight excluding hydrogens is 457 g/mol. The van der Waals surface area contributed by atoms with E-state index >= 15 is 0 Å². The number of hydrogen-bond acceptors (Lipinski definition) is 5. The lowest BCUT2D eigenvalue weighted by Gasteiger charge is -2.50. The number of fused-ring (bicyclic) bond motifs is 5. The van der Waals surface area contributed by atoms with E-state index in [0.717, 1.165) is 40.8 Å². The molecule has 3 aliphatic carbocycles. The molecule has 0 bridgehead atoms. The largest absolute Gasteiger partial charge is 0.488 e. The van der Waals surface area contributed by atoms with Crippen molar-refractivity contribution in [2.75, 3.05) is 5.32 Å². The minimum absolute atomic E-state index is 0.0150. The van der Waals surface area contributed by atoms with Crippen molar-refractivity contribution in [3.8, 4) is 0 Å². The number of benzene rings is 1. The van der Waals surface area contributed by atoms with Crippen molar-refractivity contribution < 1.29 is 23.6 Å². The van der Waals surface area contributed by atoms with E-state index in [-0.39, 0.29) is 36.5 Å². The van der Waals surface area contributed by atoms with Gasteiger partial charge in [0, 0.05) is 29.3 Å². The van der Waals surface area contributed by atoms with Crippen LogP contribution in [0.4, 0.5) is 13.9 Å². The zero-order valence-corrected chi connectivity index (χ0v) is 20.4. The highest BCUT2D eigenvalue weighted by Gasteiger charge is 2.63. The van der Waals surface area contributed by atoms with Gasteiger partial charge < -0.3 is 15.4 Å². The number of rotatable bonds is 5. The van der Waals surface area contributed by atoms with E-state index in [1.807, 2.05) is 19.1 Å². The van der Waals surface area contributed by atoms with Crippen LogP contribution in [0.15, 0.2) is 18.3 Å². The van der Waals surface area contributed by atoms with Crippen molar-refractivity contribution in [2.45, 2.75) is 77.1 Å². The van der Waals surface area contributed by atoms with Gasteiger partial charge in [-0.05, 0) is 85.4 Å². The number of thiazole rings is 1. The summed E-state index contributed by atoms with van der Waals surface area (Å²) in [4.78, 5) is 17.6. The lowest BCUT2D eigenvalue weighted by Crippen LogP contribution is -2.47. The van der Waals surface area contributed by atoms with E-state index in [9.17, 15) is 23.6 Å². The highest BCUT2D eigenvalue weighted by molar-refractivity contribution is 7.15. The van der Waals surface area contributed by atoms with Crippen LogP contribution in [-0.2, 0) is 17.6 Å². The predicted octanol–water partition coefficient (Wildman–Crippen LogP) is 4.19. The molecule has 34 heavy (non-hydrogen) atoms. The van der Waals surface area contributed by atoms with Crippen LogP contribution in [-0.4, -0.2) is 34.0 Å². The van der Waals surface area contributed by atoms with Gasteiger partial charge in [0.25, 0.3) is 5.92 Å². The molecule has 4 atom stereocenters. The highest BCUT2D eigenvalue weighted by Crippen LogP contribution is 2.65. The molecule has 0 saturated heterocycles. The summed E-state index contributed by atoms with van der Waals surface area (Å²) in [5.41, 5.74) is 2.50. The Morgan fingerprint density at radius 3 is 2.76 bits per heavy atom. The van der Waals surface area contributed by atoms with Gasteiger partial charge in [0.15, 0.2) is 5.13 Å². The van der Waals surface area contributed by atoms with Crippen molar-refractivity contribution in [3.05, 3.63) is 39.9 Å². The van der Waals surface area contributed by atoms with Crippen molar-refractivity contribution in [3.63, 3.8) is 0 Å². The van der Waals surface area contributed by atoms with Crippen molar-refractivity contribution in [2.24, 2.45) is 17.3 Å². The molecule has 3 N–H and O–H groups in total. The molecule has 182 valence electrons. The van der Waals surface area contributed by atoms with E-state index in [0.29, 0.717) is 29.9 Å². The lowest BCUT2D eigenvalue weighted by atomic mass is 9.54. The molecule has 2 aromatic rings. The summed E-state index contributed by atoms with van der Waals surface area (Å²) in [6.07, 6.45) is 5.70.